The Kier molecular flexibility index (Phi) is 6.47. The lowest BCUT2D eigenvalue weighted by atomic mass is 9.75. The van der Waals surface area contributed by atoms with Gasteiger partial charge in [0.2, 0.25) is 5.91 Å². The fraction of sp³-hybridized carbons (Fsp3) is 0.579. The van der Waals surface area contributed by atoms with E-state index in [1.54, 1.807) is 44.0 Å². The van der Waals surface area contributed by atoms with Crippen molar-refractivity contribution in [3.05, 3.63) is 23.8 Å². The minimum absolute atomic E-state index is 0.147. The molecule has 7 nitrogen and oxygen atoms in total. The number of nitrogens with two attached hydrogens (primary N) is 1. The van der Waals surface area contributed by atoms with Crippen molar-refractivity contribution < 1.29 is 19.1 Å². The van der Waals surface area contributed by atoms with Gasteiger partial charge in [-0.2, -0.15) is 0 Å². The van der Waals surface area contributed by atoms with Gasteiger partial charge in [-0.3, -0.25) is 4.79 Å². The fourth-order valence-electron chi connectivity index (χ4n) is 3.53. The second-order valence-electron chi connectivity index (χ2n) is 6.62. The number of carbonyl (C=O) groups excluding carboxylic acids is 2. The normalized spacial score (nSPS) is 17.5. The van der Waals surface area contributed by atoms with Crippen molar-refractivity contribution in [2.24, 2.45) is 0 Å². The molecule has 1 aliphatic heterocycles. The highest BCUT2D eigenvalue weighted by molar-refractivity contribution is 5.95. The van der Waals surface area contributed by atoms with Crippen LogP contribution in [-0.2, 0) is 24.5 Å². The number of nitrogens with one attached hydrogen (secondary N) is 1. The lowest BCUT2D eigenvalue weighted by molar-refractivity contribution is -0.165. The van der Waals surface area contributed by atoms with Gasteiger partial charge in [0.1, 0.15) is 5.41 Å². The van der Waals surface area contributed by atoms with Crippen molar-refractivity contribution in [1.29, 1.82) is 0 Å². The topological polar surface area (TPSA) is 93.9 Å². The maximum Gasteiger partial charge on any atom is 0.336 e. The minimum atomic E-state index is -1.23. The van der Waals surface area contributed by atoms with Crippen molar-refractivity contribution in [2.45, 2.75) is 38.2 Å². The summed E-state index contributed by atoms with van der Waals surface area (Å²) in [6, 6.07) is 5.34. The highest BCUT2D eigenvalue weighted by Gasteiger charge is 2.50. The van der Waals surface area contributed by atoms with Gasteiger partial charge in [0.25, 0.3) is 0 Å². The zero-order valence-electron chi connectivity index (χ0n) is 16.0. The van der Waals surface area contributed by atoms with Gasteiger partial charge in [-0.05, 0) is 44.4 Å². The van der Waals surface area contributed by atoms with Crippen LogP contribution in [0.1, 0.15) is 32.3 Å². The lowest BCUT2D eigenvalue weighted by Gasteiger charge is -2.37. The van der Waals surface area contributed by atoms with Gasteiger partial charge < -0.3 is 25.4 Å². The first-order valence-corrected chi connectivity index (χ1v) is 8.96. The van der Waals surface area contributed by atoms with E-state index in [-0.39, 0.29) is 12.5 Å². The number of ether oxygens (including phenoxy) is 2. The molecule has 2 atom stereocenters. The summed E-state index contributed by atoms with van der Waals surface area (Å²) in [6.45, 7) is 5.03. The largest absolute Gasteiger partial charge is 0.464 e. The molecule has 26 heavy (non-hydrogen) atoms. The molecule has 144 valence electrons. The molecular weight excluding hydrogens is 334 g/mol. The number of methoxy groups -OCH3 is 1. The number of anilines is 2. The van der Waals surface area contributed by atoms with Gasteiger partial charge in [-0.1, -0.05) is 6.07 Å². The number of carbonyl (C=O) groups is 2. The number of benzene rings is 1. The molecule has 2 unspecified atom stereocenters. The Morgan fingerprint density at radius 3 is 2.50 bits per heavy atom. The Bertz CT molecular complexity index is 658. The van der Waals surface area contributed by atoms with Crippen molar-refractivity contribution in [2.75, 3.05) is 44.9 Å². The first-order valence-electron chi connectivity index (χ1n) is 8.96. The fourth-order valence-corrected chi connectivity index (χ4v) is 3.53. The summed E-state index contributed by atoms with van der Waals surface area (Å²) in [6.07, 6.45) is 0.856. The van der Waals surface area contributed by atoms with Crippen molar-refractivity contribution >= 4 is 23.3 Å². The Morgan fingerprint density at radius 2 is 2.00 bits per heavy atom. The van der Waals surface area contributed by atoms with Crippen LogP contribution in [0, 0.1) is 0 Å². The number of hydrogen-bond acceptors (Lipinski definition) is 6. The number of rotatable bonds is 7. The molecule has 3 N–H and O–H groups in total. The van der Waals surface area contributed by atoms with E-state index in [9.17, 15) is 9.59 Å². The molecule has 1 amide bonds. The first-order chi connectivity index (χ1) is 12.4. The van der Waals surface area contributed by atoms with E-state index >= 15 is 0 Å². The van der Waals surface area contributed by atoms with Crippen molar-refractivity contribution in [1.82, 2.24) is 4.90 Å². The van der Waals surface area contributed by atoms with Crippen LogP contribution in [0.5, 0.6) is 0 Å². The average molecular weight is 363 g/mol. The molecule has 1 aliphatic rings. The van der Waals surface area contributed by atoms with Crippen LogP contribution >= 0.6 is 0 Å². The molecule has 1 saturated heterocycles. The third kappa shape index (κ3) is 3.62. The molecule has 0 saturated carbocycles. The maximum atomic E-state index is 13.4. The van der Waals surface area contributed by atoms with Crippen LogP contribution in [0.4, 0.5) is 11.4 Å². The molecule has 2 rings (SSSR count). The third-order valence-electron chi connectivity index (χ3n) is 5.02. The summed E-state index contributed by atoms with van der Waals surface area (Å²) in [5, 5.41) is 3.00. The molecule has 1 fully saturated rings. The van der Waals surface area contributed by atoms with Gasteiger partial charge >= 0.3 is 5.97 Å². The Balaban J connectivity index is 2.54. The molecular formula is C19H29N3O4. The number of hydrogen-bond donors (Lipinski definition) is 2. The monoisotopic (exact) mass is 363 g/mol. The van der Waals surface area contributed by atoms with E-state index < -0.39 is 17.5 Å². The zero-order chi connectivity index (χ0) is 19.3. The van der Waals surface area contributed by atoms with Crippen LogP contribution in [0.15, 0.2) is 18.2 Å². The molecule has 7 heteroatoms. The zero-order valence-corrected chi connectivity index (χ0v) is 16.0. The molecule has 1 aromatic rings. The van der Waals surface area contributed by atoms with Crippen LogP contribution in [0.25, 0.3) is 0 Å². The molecule has 0 radical (unpaired) electrons. The molecule has 0 aromatic heterocycles. The SMILES string of the molecule is CCOC(=O)C(OC)C(C)(C(=O)N1CCCC1)c1ccc(NC)c(N)c1. The number of likely N-dealkylation sites (tertiary alicyclic amines) is 1. The summed E-state index contributed by atoms with van der Waals surface area (Å²) < 4.78 is 10.7. The second kappa shape index (κ2) is 8.40. The second-order valence-corrected chi connectivity index (χ2v) is 6.62. The van der Waals surface area contributed by atoms with E-state index in [1.807, 2.05) is 0 Å². The standard InChI is InChI=1S/C19H29N3O4/c1-5-26-17(23)16(25-4)19(2,18(24)22-10-6-7-11-22)13-8-9-15(21-3)14(20)12-13/h8-9,12,16,21H,5-7,10-11,20H2,1-4H3. The Labute approximate surface area is 154 Å². The summed E-state index contributed by atoms with van der Waals surface area (Å²) in [5.74, 6) is -0.701. The molecule has 1 heterocycles. The van der Waals surface area contributed by atoms with Crippen LogP contribution in [-0.4, -0.2) is 56.7 Å². The maximum absolute atomic E-state index is 13.4. The highest BCUT2D eigenvalue weighted by Crippen LogP contribution is 2.36. The predicted molar refractivity (Wildman–Crippen MR) is 101 cm³/mol. The quantitative estimate of drug-likeness (QED) is 0.566. The molecule has 0 bridgehead atoms. The summed E-state index contributed by atoms with van der Waals surface area (Å²) in [4.78, 5) is 27.8. The first kappa shape index (κ1) is 20.0. The van der Waals surface area contributed by atoms with E-state index in [0.717, 1.165) is 18.5 Å². The summed E-state index contributed by atoms with van der Waals surface area (Å²) >= 11 is 0. The number of esters is 1. The van der Waals surface area contributed by atoms with E-state index in [0.29, 0.717) is 24.3 Å². The van der Waals surface area contributed by atoms with Crippen LogP contribution in [0.3, 0.4) is 0 Å². The van der Waals surface area contributed by atoms with Gasteiger partial charge in [0.05, 0.1) is 18.0 Å². The number of nitrogen functional groups attached to an aromatic ring is 1. The van der Waals surface area contributed by atoms with Gasteiger partial charge in [0, 0.05) is 27.2 Å². The molecule has 0 spiro atoms. The van der Waals surface area contributed by atoms with E-state index in [4.69, 9.17) is 15.2 Å². The van der Waals surface area contributed by atoms with Crippen molar-refractivity contribution in [3.63, 3.8) is 0 Å². The summed E-state index contributed by atoms with van der Waals surface area (Å²) in [7, 11) is 3.19. The predicted octanol–water partition coefficient (Wildman–Crippen LogP) is 1.77. The van der Waals surface area contributed by atoms with Crippen LogP contribution < -0.4 is 11.1 Å². The molecule has 1 aromatic carbocycles. The summed E-state index contributed by atoms with van der Waals surface area (Å²) in [5.41, 5.74) is 6.78. The van der Waals surface area contributed by atoms with E-state index in [2.05, 4.69) is 5.32 Å². The molecule has 0 aliphatic carbocycles. The number of nitrogens with zero attached hydrogens (tertiary/aromatic N) is 1. The van der Waals surface area contributed by atoms with Crippen LogP contribution in [0.2, 0.25) is 0 Å². The number of amides is 1. The smallest absolute Gasteiger partial charge is 0.336 e. The van der Waals surface area contributed by atoms with Gasteiger partial charge in [0.15, 0.2) is 6.10 Å². The Hall–Kier alpha value is -2.28. The third-order valence-corrected chi connectivity index (χ3v) is 5.02. The lowest BCUT2D eigenvalue weighted by Crippen LogP contribution is -2.55. The minimum Gasteiger partial charge on any atom is -0.464 e. The van der Waals surface area contributed by atoms with Gasteiger partial charge in [-0.25, -0.2) is 4.79 Å². The van der Waals surface area contributed by atoms with Crippen molar-refractivity contribution in [3.8, 4) is 0 Å². The Morgan fingerprint density at radius 1 is 1.35 bits per heavy atom. The van der Waals surface area contributed by atoms with Gasteiger partial charge in [-0.15, -0.1) is 0 Å². The highest BCUT2D eigenvalue weighted by atomic mass is 16.6. The average Bonchev–Trinajstić information content (AvgIpc) is 3.16. The van der Waals surface area contributed by atoms with E-state index in [1.165, 1.54) is 7.11 Å².